The van der Waals surface area contributed by atoms with Crippen molar-refractivity contribution in [2.24, 2.45) is 0 Å². The van der Waals surface area contributed by atoms with E-state index in [1.165, 1.54) is 29.7 Å². The molecule has 0 unspecified atom stereocenters. The lowest BCUT2D eigenvalue weighted by atomic mass is 10.1. The second-order valence-corrected chi connectivity index (χ2v) is 4.10. The van der Waals surface area contributed by atoms with Crippen molar-refractivity contribution in [2.45, 2.75) is 25.7 Å². The van der Waals surface area contributed by atoms with E-state index < -0.39 is 0 Å². The Morgan fingerprint density at radius 2 is 2.17 bits per heavy atom. The van der Waals surface area contributed by atoms with Crippen molar-refractivity contribution < 1.29 is 0 Å². The summed E-state index contributed by atoms with van der Waals surface area (Å²) in [5, 5.41) is 4.23. The van der Waals surface area contributed by atoms with Gasteiger partial charge in [-0.25, -0.2) is 2.90 Å². The van der Waals surface area contributed by atoms with Gasteiger partial charge in [0.25, 0.3) is 0 Å². The normalized spacial score (nSPS) is 17.2. The number of rotatable bonds is 0. The number of hydrogen-bond donors (Lipinski definition) is 0. The zero-order valence-electron chi connectivity index (χ0n) is 6.89. The van der Waals surface area contributed by atoms with Crippen LogP contribution in [0.4, 0.5) is 0 Å². The van der Waals surface area contributed by atoms with Gasteiger partial charge in [-0.1, -0.05) is 6.58 Å². The highest BCUT2D eigenvalue weighted by Crippen LogP contribution is 2.28. The number of aromatic nitrogens is 2. The summed E-state index contributed by atoms with van der Waals surface area (Å²) in [5.41, 5.74) is 3.87. The summed E-state index contributed by atoms with van der Waals surface area (Å²) in [7, 11) is 0. The first-order valence-corrected chi connectivity index (χ1v) is 5.17. The molecule has 1 heterocycles. The van der Waals surface area contributed by atoms with Crippen LogP contribution in [0.5, 0.6) is 0 Å². The molecule has 1 aromatic rings. The average molecular weight is 274 g/mol. The highest BCUT2D eigenvalue weighted by molar-refractivity contribution is 14.1. The van der Waals surface area contributed by atoms with Gasteiger partial charge >= 0.3 is 0 Å². The standard InChI is InChI=1S/C9H11IN2/c1-7-4-2-3-5-8-6-11-12(10)9(7)8/h6H,1-5H2. The van der Waals surface area contributed by atoms with Crippen molar-refractivity contribution in [1.29, 1.82) is 0 Å². The van der Waals surface area contributed by atoms with Gasteiger partial charge in [0.1, 0.15) is 0 Å². The van der Waals surface area contributed by atoms with Crippen molar-refractivity contribution in [3.63, 3.8) is 0 Å². The monoisotopic (exact) mass is 274 g/mol. The van der Waals surface area contributed by atoms with E-state index in [2.05, 4.69) is 34.5 Å². The molecule has 12 heavy (non-hydrogen) atoms. The lowest BCUT2D eigenvalue weighted by Gasteiger charge is -2.01. The molecular formula is C9H11IN2. The van der Waals surface area contributed by atoms with Crippen LogP contribution in [0.1, 0.15) is 30.5 Å². The predicted octanol–water partition coefficient (Wildman–Crippen LogP) is 2.82. The molecule has 0 saturated carbocycles. The molecule has 1 aromatic heterocycles. The Labute approximate surface area is 86.2 Å². The van der Waals surface area contributed by atoms with Crippen LogP contribution >= 0.6 is 22.9 Å². The van der Waals surface area contributed by atoms with E-state index >= 15 is 0 Å². The molecule has 64 valence electrons. The molecular weight excluding hydrogens is 263 g/mol. The van der Waals surface area contributed by atoms with Crippen molar-refractivity contribution in [3.05, 3.63) is 24.0 Å². The Bertz CT molecular complexity index is 314. The predicted molar refractivity (Wildman–Crippen MR) is 58.2 cm³/mol. The summed E-state index contributed by atoms with van der Waals surface area (Å²) < 4.78 is 1.92. The largest absolute Gasteiger partial charge is 0.204 e. The molecule has 0 spiro atoms. The third-order valence-electron chi connectivity index (χ3n) is 2.31. The molecule has 0 atom stereocenters. The van der Waals surface area contributed by atoms with Crippen molar-refractivity contribution in [1.82, 2.24) is 7.99 Å². The lowest BCUT2D eigenvalue weighted by Crippen LogP contribution is -1.91. The van der Waals surface area contributed by atoms with Gasteiger partial charge in [0.2, 0.25) is 0 Å². The summed E-state index contributed by atoms with van der Waals surface area (Å²) in [6.07, 6.45) is 6.80. The SMILES string of the molecule is C=C1CCCCc2cnn(I)c21. The molecule has 0 aromatic carbocycles. The maximum atomic E-state index is 4.23. The second-order valence-electron chi connectivity index (χ2n) is 3.19. The van der Waals surface area contributed by atoms with Gasteiger partial charge in [-0.2, -0.15) is 5.10 Å². The molecule has 0 aliphatic heterocycles. The zero-order chi connectivity index (χ0) is 8.55. The third-order valence-corrected chi connectivity index (χ3v) is 3.04. The van der Waals surface area contributed by atoms with E-state index in [9.17, 15) is 0 Å². The summed E-state index contributed by atoms with van der Waals surface area (Å²) >= 11 is 2.22. The van der Waals surface area contributed by atoms with E-state index in [0.29, 0.717) is 0 Å². The number of fused-ring (bicyclic) bond motifs is 1. The van der Waals surface area contributed by atoms with E-state index in [1.54, 1.807) is 0 Å². The Hall–Kier alpha value is -0.320. The minimum Gasteiger partial charge on any atom is -0.204 e. The molecule has 0 N–H and O–H groups in total. The summed E-state index contributed by atoms with van der Waals surface area (Å²) in [4.78, 5) is 0. The Balaban J connectivity index is 2.49. The van der Waals surface area contributed by atoms with Crippen LogP contribution in [-0.2, 0) is 6.42 Å². The van der Waals surface area contributed by atoms with Crippen molar-refractivity contribution >= 4 is 28.4 Å². The molecule has 2 rings (SSSR count). The summed E-state index contributed by atoms with van der Waals surface area (Å²) in [6, 6.07) is 0. The topological polar surface area (TPSA) is 17.8 Å². The highest BCUT2D eigenvalue weighted by atomic mass is 127. The number of nitrogens with zero attached hydrogens (tertiary/aromatic N) is 2. The third kappa shape index (κ3) is 1.30. The lowest BCUT2D eigenvalue weighted by molar-refractivity contribution is 0.770. The number of aryl methyl sites for hydroxylation is 1. The highest BCUT2D eigenvalue weighted by Gasteiger charge is 2.15. The van der Waals surface area contributed by atoms with E-state index in [1.807, 2.05) is 9.09 Å². The molecule has 0 bridgehead atoms. The van der Waals surface area contributed by atoms with Gasteiger partial charge in [-0.05, 0) is 36.8 Å². The second kappa shape index (κ2) is 3.20. The number of halogens is 1. The van der Waals surface area contributed by atoms with Gasteiger partial charge in [0.05, 0.1) is 34.8 Å². The molecule has 2 nitrogen and oxygen atoms in total. The Morgan fingerprint density at radius 3 is 3.00 bits per heavy atom. The van der Waals surface area contributed by atoms with Crippen LogP contribution in [-0.4, -0.2) is 7.99 Å². The molecule has 0 fully saturated rings. The van der Waals surface area contributed by atoms with Crippen LogP contribution < -0.4 is 0 Å². The molecule has 0 amide bonds. The molecule has 0 radical (unpaired) electrons. The Kier molecular flexibility index (Phi) is 2.21. The minimum atomic E-state index is 1.13. The van der Waals surface area contributed by atoms with Crippen LogP contribution in [0.15, 0.2) is 12.8 Å². The zero-order valence-corrected chi connectivity index (χ0v) is 9.04. The van der Waals surface area contributed by atoms with Crippen LogP contribution in [0, 0.1) is 0 Å². The molecule has 1 aliphatic rings. The fourth-order valence-corrected chi connectivity index (χ4v) is 2.45. The summed E-state index contributed by atoms with van der Waals surface area (Å²) in [5.74, 6) is 0. The first-order valence-electron chi connectivity index (χ1n) is 4.20. The number of allylic oxidation sites excluding steroid dienone is 1. The minimum absolute atomic E-state index is 1.13. The quantitative estimate of drug-likeness (QED) is 0.525. The van der Waals surface area contributed by atoms with Crippen LogP contribution in [0.2, 0.25) is 0 Å². The number of hydrogen-bond acceptors (Lipinski definition) is 1. The first-order chi connectivity index (χ1) is 5.79. The van der Waals surface area contributed by atoms with Crippen molar-refractivity contribution in [3.8, 4) is 0 Å². The molecule has 0 saturated heterocycles. The van der Waals surface area contributed by atoms with Crippen LogP contribution in [0.25, 0.3) is 5.57 Å². The molecule has 1 aliphatic carbocycles. The fourth-order valence-electron chi connectivity index (χ4n) is 1.67. The van der Waals surface area contributed by atoms with Gasteiger partial charge in [-0.3, -0.25) is 0 Å². The first kappa shape index (κ1) is 8.29. The Morgan fingerprint density at radius 1 is 1.42 bits per heavy atom. The fraction of sp³-hybridized carbons (Fsp3) is 0.444. The van der Waals surface area contributed by atoms with Crippen LogP contribution in [0.3, 0.4) is 0 Å². The maximum absolute atomic E-state index is 4.23. The molecule has 3 heteroatoms. The van der Waals surface area contributed by atoms with E-state index in [-0.39, 0.29) is 0 Å². The van der Waals surface area contributed by atoms with Gasteiger partial charge in [0, 0.05) is 0 Å². The smallest absolute Gasteiger partial charge is 0.0851 e. The summed E-state index contributed by atoms with van der Waals surface area (Å²) in [6.45, 7) is 4.08. The average Bonchev–Trinajstić information content (AvgIpc) is 2.29. The van der Waals surface area contributed by atoms with E-state index in [0.717, 1.165) is 12.8 Å². The van der Waals surface area contributed by atoms with Crippen molar-refractivity contribution in [2.75, 3.05) is 0 Å². The van der Waals surface area contributed by atoms with Gasteiger partial charge in [-0.15, -0.1) is 0 Å². The maximum Gasteiger partial charge on any atom is 0.0851 e. The van der Waals surface area contributed by atoms with Gasteiger partial charge in [0.15, 0.2) is 0 Å². The van der Waals surface area contributed by atoms with E-state index in [4.69, 9.17) is 0 Å². The van der Waals surface area contributed by atoms with Gasteiger partial charge < -0.3 is 0 Å².